The maximum atomic E-state index is 13.8. The van der Waals surface area contributed by atoms with Gasteiger partial charge < -0.3 is 14.2 Å². The summed E-state index contributed by atoms with van der Waals surface area (Å²) in [7, 11) is 0. The monoisotopic (exact) mass is 457 g/mol. The molecule has 172 valence electrons. The lowest BCUT2D eigenvalue weighted by Crippen LogP contribution is -2.24. The fourth-order valence-corrected chi connectivity index (χ4v) is 4.43. The number of rotatable bonds is 6. The van der Waals surface area contributed by atoms with Crippen LogP contribution < -0.4 is 15.0 Å². The van der Waals surface area contributed by atoms with Crippen LogP contribution in [0.2, 0.25) is 0 Å². The highest BCUT2D eigenvalue weighted by Crippen LogP contribution is 2.36. The molecule has 0 aliphatic carbocycles. The van der Waals surface area contributed by atoms with Crippen molar-refractivity contribution in [1.82, 2.24) is 24.1 Å². The molecule has 34 heavy (non-hydrogen) atoms. The Balaban J connectivity index is 1.65. The molecule has 0 unspecified atom stereocenters. The van der Waals surface area contributed by atoms with Crippen molar-refractivity contribution in [2.45, 2.75) is 26.8 Å². The van der Waals surface area contributed by atoms with Crippen molar-refractivity contribution in [1.29, 1.82) is 0 Å². The van der Waals surface area contributed by atoms with Gasteiger partial charge in [-0.15, -0.1) is 0 Å². The van der Waals surface area contributed by atoms with Gasteiger partial charge in [-0.1, -0.05) is 12.1 Å². The second-order valence-electron chi connectivity index (χ2n) is 8.12. The first kappa shape index (κ1) is 20.6. The largest absolute Gasteiger partial charge is 0.454 e. The molecule has 6 rings (SSSR count). The van der Waals surface area contributed by atoms with Crippen molar-refractivity contribution < 1.29 is 14.2 Å². The van der Waals surface area contributed by atoms with E-state index < -0.39 is 0 Å². The molecular formula is C25H23N5O4. The van der Waals surface area contributed by atoms with E-state index in [1.54, 1.807) is 4.57 Å². The van der Waals surface area contributed by atoms with Gasteiger partial charge in [-0.25, -0.2) is 15.0 Å². The first-order valence-corrected chi connectivity index (χ1v) is 11.3. The summed E-state index contributed by atoms with van der Waals surface area (Å²) in [5.74, 6) is 1.95. The number of para-hydroxylation sites is 2. The normalized spacial score (nSPS) is 12.9. The summed E-state index contributed by atoms with van der Waals surface area (Å²) in [6.07, 6.45) is 0.719. The molecular weight excluding hydrogens is 434 g/mol. The summed E-state index contributed by atoms with van der Waals surface area (Å²) in [5.41, 5.74) is 3.73. The summed E-state index contributed by atoms with van der Waals surface area (Å²) >= 11 is 0. The van der Waals surface area contributed by atoms with Crippen LogP contribution in [0.5, 0.6) is 11.5 Å². The standard InChI is InChI=1S/C25H23N5O4/c1-3-32-12-6-11-29-15(2)26-23-21(25(29)31)22-24(28-18-8-5-4-7-17(18)27-22)30(23)16-9-10-19-20(13-16)34-14-33-19/h4-5,7-10,13H,3,6,11-12,14H2,1-2H3. The van der Waals surface area contributed by atoms with E-state index >= 15 is 0 Å². The van der Waals surface area contributed by atoms with E-state index in [2.05, 4.69) is 0 Å². The van der Waals surface area contributed by atoms with Crippen LogP contribution in [0.15, 0.2) is 47.3 Å². The predicted molar refractivity (Wildman–Crippen MR) is 128 cm³/mol. The average molecular weight is 457 g/mol. The molecule has 9 nitrogen and oxygen atoms in total. The molecule has 5 aromatic rings. The van der Waals surface area contributed by atoms with E-state index in [0.29, 0.717) is 59.3 Å². The third kappa shape index (κ3) is 3.19. The Hall–Kier alpha value is -3.98. The molecule has 3 aromatic heterocycles. The van der Waals surface area contributed by atoms with Gasteiger partial charge in [0.05, 0.1) is 16.7 Å². The molecule has 0 saturated heterocycles. The van der Waals surface area contributed by atoms with Gasteiger partial charge in [0.1, 0.15) is 16.7 Å². The predicted octanol–water partition coefficient (Wildman–Crippen LogP) is 3.75. The highest BCUT2D eigenvalue weighted by Gasteiger charge is 2.23. The van der Waals surface area contributed by atoms with Gasteiger partial charge in [0.25, 0.3) is 5.56 Å². The molecule has 9 heteroatoms. The van der Waals surface area contributed by atoms with Crippen LogP contribution in [0, 0.1) is 6.92 Å². The van der Waals surface area contributed by atoms with E-state index in [9.17, 15) is 4.79 Å². The van der Waals surface area contributed by atoms with Crippen LogP contribution in [-0.2, 0) is 11.3 Å². The Morgan fingerprint density at radius 3 is 2.62 bits per heavy atom. The molecule has 4 heterocycles. The average Bonchev–Trinajstić information content (AvgIpc) is 3.43. The van der Waals surface area contributed by atoms with Crippen LogP contribution in [0.4, 0.5) is 0 Å². The molecule has 0 spiro atoms. The van der Waals surface area contributed by atoms with Gasteiger partial charge in [-0.05, 0) is 44.5 Å². The third-order valence-corrected chi connectivity index (χ3v) is 6.04. The molecule has 0 bridgehead atoms. The topological polar surface area (TPSA) is 93.3 Å². The van der Waals surface area contributed by atoms with E-state index in [0.717, 1.165) is 23.1 Å². The zero-order chi connectivity index (χ0) is 23.2. The number of aryl methyl sites for hydroxylation is 1. The van der Waals surface area contributed by atoms with Crippen molar-refractivity contribution >= 4 is 33.2 Å². The van der Waals surface area contributed by atoms with E-state index in [1.807, 2.05) is 60.9 Å². The Bertz CT molecular complexity index is 1620. The fourth-order valence-electron chi connectivity index (χ4n) is 4.43. The minimum Gasteiger partial charge on any atom is -0.454 e. The Kier molecular flexibility index (Phi) is 4.91. The third-order valence-electron chi connectivity index (χ3n) is 6.04. The molecule has 0 amide bonds. The first-order chi connectivity index (χ1) is 16.7. The van der Waals surface area contributed by atoms with Crippen LogP contribution in [0.3, 0.4) is 0 Å². The van der Waals surface area contributed by atoms with Gasteiger partial charge in [0.15, 0.2) is 22.8 Å². The Morgan fingerprint density at radius 1 is 1.00 bits per heavy atom. The summed E-state index contributed by atoms with van der Waals surface area (Å²) < 4.78 is 20.1. The summed E-state index contributed by atoms with van der Waals surface area (Å²) in [4.78, 5) is 28.4. The van der Waals surface area contributed by atoms with Gasteiger partial charge in [0, 0.05) is 25.8 Å². The lowest BCUT2D eigenvalue weighted by molar-refractivity contribution is 0.141. The van der Waals surface area contributed by atoms with Gasteiger partial charge >= 0.3 is 0 Å². The second-order valence-corrected chi connectivity index (χ2v) is 8.12. The Labute approximate surface area is 194 Å². The minimum atomic E-state index is -0.131. The fraction of sp³-hybridized carbons (Fsp3) is 0.280. The Morgan fingerprint density at radius 2 is 1.79 bits per heavy atom. The zero-order valence-electron chi connectivity index (χ0n) is 18.9. The molecule has 0 N–H and O–H groups in total. The van der Waals surface area contributed by atoms with E-state index in [4.69, 9.17) is 29.2 Å². The second kappa shape index (κ2) is 8.11. The summed E-state index contributed by atoms with van der Waals surface area (Å²) in [6, 6.07) is 13.3. The highest BCUT2D eigenvalue weighted by molar-refractivity contribution is 6.05. The lowest BCUT2D eigenvalue weighted by atomic mass is 10.2. The molecule has 0 fully saturated rings. The maximum Gasteiger partial charge on any atom is 0.265 e. The SMILES string of the molecule is CCOCCCn1c(C)nc2c(c1=O)c1nc3ccccc3nc1n2-c1ccc2c(c1)OCO2. The van der Waals surface area contributed by atoms with Gasteiger partial charge in [-0.3, -0.25) is 13.9 Å². The van der Waals surface area contributed by atoms with Gasteiger partial charge in [0.2, 0.25) is 6.79 Å². The molecule has 1 aliphatic rings. The number of benzene rings is 2. The minimum absolute atomic E-state index is 0.131. The van der Waals surface area contributed by atoms with Crippen molar-refractivity contribution in [3.63, 3.8) is 0 Å². The van der Waals surface area contributed by atoms with Crippen LogP contribution in [0.25, 0.3) is 38.9 Å². The molecule has 0 radical (unpaired) electrons. The first-order valence-electron chi connectivity index (χ1n) is 11.3. The molecule has 0 atom stereocenters. The maximum absolute atomic E-state index is 13.8. The number of ether oxygens (including phenoxy) is 3. The van der Waals surface area contributed by atoms with Crippen molar-refractivity contribution in [3.05, 3.63) is 58.6 Å². The van der Waals surface area contributed by atoms with E-state index in [-0.39, 0.29) is 12.4 Å². The van der Waals surface area contributed by atoms with Crippen LogP contribution >= 0.6 is 0 Å². The quantitative estimate of drug-likeness (QED) is 0.359. The summed E-state index contributed by atoms with van der Waals surface area (Å²) in [5, 5.41) is 0.452. The molecule has 0 saturated carbocycles. The molecule has 1 aliphatic heterocycles. The molecule has 2 aromatic carbocycles. The summed E-state index contributed by atoms with van der Waals surface area (Å²) in [6.45, 7) is 5.74. The van der Waals surface area contributed by atoms with E-state index in [1.165, 1.54) is 0 Å². The number of nitrogens with zero attached hydrogens (tertiary/aromatic N) is 5. The lowest BCUT2D eigenvalue weighted by Gasteiger charge is -2.11. The number of aromatic nitrogens is 5. The van der Waals surface area contributed by atoms with Crippen LogP contribution in [-0.4, -0.2) is 44.1 Å². The highest BCUT2D eigenvalue weighted by atomic mass is 16.7. The number of hydrogen-bond acceptors (Lipinski definition) is 7. The van der Waals surface area contributed by atoms with Crippen LogP contribution in [0.1, 0.15) is 19.2 Å². The smallest absolute Gasteiger partial charge is 0.265 e. The zero-order valence-corrected chi connectivity index (χ0v) is 18.9. The number of fused-ring (bicyclic) bond motifs is 5. The number of hydrogen-bond donors (Lipinski definition) is 0. The van der Waals surface area contributed by atoms with Crippen molar-refractivity contribution in [2.24, 2.45) is 0 Å². The van der Waals surface area contributed by atoms with Gasteiger partial charge in [-0.2, -0.15) is 0 Å². The van der Waals surface area contributed by atoms with Crippen molar-refractivity contribution in [3.8, 4) is 17.2 Å². The van der Waals surface area contributed by atoms with Crippen molar-refractivity contribution in [2.75, 3.05) is 20.0 Å².